The van der Waals surface area contributed by atoms with Gasteiger partial charge in [-0.15, -0.1) is 0 Å². The number of rotatable bonds is 2. The van der Waals surface area contributed by atoms with Gasteiger partial charge in [-0.25, -0.2) is 4.79 Å². The van der Waals surface area contributed by atoms with Gasteiger partial charge in [0.2, 0.25) is 0 Å². The average molecular weight is 236 g/mol. The number of carbonyl (C=O) groups excluding carboxylic acids is 2. The molecule has 4 bridgehead atoms. The molecule has 17 heavy (non-hydrogen) atoms. The van der Waals surface area contributed by atoms with E-state index in [0.29, 0.717) is 23.8 Å². The maximum absolute atomic E-state index is 11.8. The summed E-state index contributed by atoms with van der Waals surface area (Å²) in [4.78, 5) is 23.4. The third kappa shape index (κ3) is 1.24. The second kappa shape index (κ2) is 3.12. The highest BCUT2D eigenvalue weighted by Crippen LogP contribution is 2.63. The summed E-state index contributed by atoms with van der Waals surface area (Å²) in [5.41, 5.74) is 0.341. The second-order valence-electron chi connectivity index (χ2n) is 5.58. The van der Waals surface area contributed by atoms with Gasteiger partial charge in [-0.2, -0.15) is 0 Å². The van der Waals surface area contributed by atoms with E-state index in [1.165, 1.54) is 0 Å². The van der Waals surface area contributed by atoms with Crippen LogP contribution in [-0.4, -0.2) is 17.7 Å². The van der Waals surface area contributed by atoms with Crippen molar-refractivity contribution < 1.29 is 19.1 Å². The largest absolute Gasteiger partial charge is 0.422 e. The molecule has 0 spiro atoms. The zero-order valence-corrected chi connectivity index (χ0v) is 10.1. The molecular formula is C13H16O4. The number of fused-ring (bicyclic) bond motifs is 1. The summed E-state index contributed by atoms with van der Waals surface area (Å²) >= 11 is 0. The van der Waals surface area contributed by atoms with Crippen LogP contribution in [0.3, 0.4) is 0 Å². The van der Waals surface area contributed by atoms with Crippen molar-refractivity contribution in [2.75, 3.05) is 0 Å². The van der Waals surface area contributed by atoms with Crippen molar-refractivity contribution >= 4 is 11.9 Å². The maximum Gasteiger partial charge on any atom is 0.336 e. The lowest BCUT2D eigenvalue weighted by atomic mass is 9.82. The third-order valence-electron chi connectivity index (χ3n) is 4.61. The van der Waals surface area contributed by atoms with Gasteiger partial charge in [0.05, 0.1) is 5.92 Å². The minimum absolute atomic E-state index is 0.0282. The first kappa shape index (κ1) is 10.8. The Hall–Kier alpha value is -1.32. The van der Waals surface area contributed by atoms with Gasteiger partial charge in [-0.3, -0.25) is 4.79 Å². The fourth-order valence-corrected chi connectivity index (χ4v) is 3.73. The van der Waals surface area contributed by atoms with Crippen molar-refractivity contribution in [1.29, 1.82) is 0 Å². The van der Waals surface area contributed by atoms with Crippen molar-refractivity contribution in [3.63, 3.8) is 0 Å². The van der Waals surface area contributed by atoms with Crippen LogP contribution in [0.4, 0.5) is 0 Å². The average Bonchev–Trinajstić information content (AvgIpc) is 2.67. The van der Waals surface area contributed by atoms with Gasteiger partial charge >= 0.3 is 11.9 Å². The molecule has 0 radical (unpaired) electrons. The number of ether oxygens (including phenoxy) is 2. The van der Waals surface area contributed by atoms with Gasteiger partial charge in [-0.1, -0.05) is 13.5 Å². The van der Waals surface area contributed by atoms with Crippen molar-refractivity contribution in [2.24, 2.45) is 23.7 Å². The molecule has 0 aromatic heterocycles. The lowest BCUT2D eigenvalue weighted by Gasteiger charge is -2.43. The summed E-state index contributed by atoms with van der Waals surface area (Å²) in [7, 11) is 0. The van der Waals surface area contributed by atoms with E-state index < -0.39 is 11.8 Å². The molecule has 2 saturated carbocycles. The first-order valence-electron chi connectivity index (χ1n) is 6.06. The zero-order chi connectivity index (χ0) is 12.4. The molecule has 2 aliphatic carbocycles. The molecule has 4 rings (SSSR count). The summed E-state index contributed by atoms with van der Waals surface area (Å²) in [6.45, 7) is 7.28. The first-order valence-corrected chi connectivity index (χ1v) is 6.06. The smallest absolute Gasteiger partial charge is 0.336 e. The van der Waals surface area contributed by atoms with Gasteiger partial charge in [-0.05, 0) is 25.2 Å². The fraction of sp³-hybridized carbons (Fsp3) is 0.692. The Balaban J connectivity index is 1.90. The Morgan fingerprint density at radius 1 is 1.59 bits per heavy atom. The van der Waals surface area contributed by atoms with Crippen LogP contribution in [0.15, 0.2) is 12.2 Å². The standard InChI is InChI=1S/C13H16O4/c1-6(2)11(14)16-13-5-9-7(3)10(13)4-8(9)12(15)17-13/h7-10H,1,4-5H2,2-3H3/t7-,8?,9?,10?,13?/m0/s1. The SMILES string of the molecule is C=C(C)C(=O)OC12CC3C(CC1[C@H]3C)C(=O)O2. The van der Waals surface area contributed by atoms with Gasteiger partial charge in [0.15, 0.2) is 0 Å². The first-order chi connectivity index (χ1) is 7.94. The van der Waals surface area contributed by atoms with Gasteiger partial charge < -0.3 is 9.47 Å². The molecule has 4 nitrogen and oxygen atoms in total. The molecule has 4 unspecified atom stereocenters. The van der Waals surface area contributed by atoms with E-state index in [9.17, 15) is 9.59 Å². The molecule has 0 aromatic carbocycles. The molecule has 92 valence electrons. The number of esters is 2. The van der Waals surface area contributed by atoms with Crippen molar-refractivity contribution in [2.45, 2.75) is 32.5 Å². The zero-order valence-electron chi connectivity index (χ0n) is 10.1. The lowest BCUT2D eigenvalue weighted by molar-refractivity contribution is -0.267. The van der Waals surface area contributed by atoms with E-state index in [1.54, 1.807) is 6.92 Å². The number of hydrogen-bond donors (Lipinski definition) is 0. The summed E-state index contributed by atoms with van der Waals surface area (Å²) in [5.74, 6) is -0.749. The monoisotopic (exact) mass is 236 g/mol. The van der Waals surface area contributed by atoms with Crippen molar-refractivity contribution in [1.82, 2.24) is 0 Å². The Labute approximate surface area is 100.0 Å². The molecule has 5 atom stereocenters. The van der Waals surface area contributed by atoms with Gasteiger partial charge in [0.25, 0.3) is 5.79 Å². The van der Waals surface area contributed by atoms with Crippen LogP contribution < -0.4 is 0 Å². The highest BCUT2D eigenvalue weighted by molar-refractivity contribution is 5.87. The molecule has 4 fully saturated rings. The van der Waals surface area contributed by atoms with Crippen LogP contribution in [0.2, 0.25) is 0 Å². The number of carbonyl (C=O) groups is 2. The maximum atomic E-state index is 11.8. The summed E-state index contributed by atoms with van der Waals surface area (Å²) in [6, 6.07) is 0. The highest BCUT2D eigenvalue weighted by Gasteiger charge is 2.70. The van der Waals surface area contributed by atoms with Crippen LogP contribution in [0, 0.1) is 23.7 Å². The van der Waals surface area contributed by atoms with E-state index in [2.05, 4.69) is 13.5 Å². The Bertz CT molecular complexity index is 427. The summed E-state index contributed by atoms with van der Waals surface area (Å²) in [5, 5.41) is 0. The molecule has 2 saturated heterocycles. The van der Waals surface area contributed by atoms with Crippen LogP contribution in [0.5, 0.6) is 0 Å². The van der Waals surface area contributed by atoms with Crippen molar-refractivity contribution in [3.8, 4) is 0 Å². The van der Waals surface area contributed by atoms with Crippen LogP contribution >= 0.6 is 0 Å². The predicted octanol–water partition coefficient (Wildman–Crippen LogP) is 1.65. The van der Waals surface area contributed by atoms with Crippen LogP contribution in [0.1, 0.15) is 26.7 Å². The molecule has 0 amide bonds. The van der Waals surface area contributed by atoms with E-state index >= 15 is 0 Å². The summed E-state index contributed by atoms with van der Waals surface area (Å²) < 4.78 is 10.8. The Morgan fingerprint density at radius 2 is 2.29 bits per heavy atom. The van der Waals surface area contributed by atoms with E-state index in [4.69, 9.17) is 9.47 Å². The molecule has 4 aliphatic rings. The normalized spacial score (nSPS) is 45.9. The third-order valence-corrected chi connectivity index (χ3v) is 4.61. The molecule has 4 heteroatoms. The quantitative estimate of drug-likeness (QED) is 0.540. The van der Waals surface area contributed by atoms with Crippen LogP contribution in [0.25, 0.3) is 0 Å². The predicted molar refractivity (Wildman–Crippen MR) is 58.6 cm³/mol. The van der Waals surface area contributed by atoms with E-state index in [-0.39, 0.29) is 17.8 Å². The molecule has 2 aliphatic heterocycles. The second-order valence-corrected chi connectivity index (χ2v) is 5.58. The topological polar surface area (TPSA) is 52.6 Å². The van der Waals surface area contributed by atoms with E-state index in [1.807, 2.05) is 0 Å². The highest BCUT2D eigenvalue weighted by atomic mass is 16.7. The van der Waals surface area contributed by atoms with Crippen molar-refractivity contribution in [3.05, 3.63) is 12.2 Å². The van der Waals surface area contributed by atoms with Crippen LogP contribution in [-0.2, 0) is 19.1 Å². The Morgan fingerprint density at radius 3 is 2.82 bits per heavy atom. The minimum atomic E-state index is -0.994. The fourth-order valence-electron chi connectivity index (χ4n) is 3.73. The minimum Gasteiger partial charge on any atom is -0.422 e. The number of hydrogen-bond acceptors (Lipinski definition) is 4. The molecule has 0 aromatic rings. The van der Waals surface area contributed by atoms with E-state index in [0.717, 1.165) is 6.42 Å². The lowest BCUT2D eigenvalue weighted by Crippen LogP contribution is -2.53. The molecule has 0 N–H and O–H groups in total. The van der Waals surface area contributed by atoms with Gasteiger partial charge in [0.1, 0.15) is 0 Å². The molecule has 2 heterocycles. The molecular weight excluding hydrogens is 220 g/mol. The summed E-state index contributed by atoms with van der Waals surface area (Å²) in [6.07, 6.45) is 1.46. The Kier molecular flexibility index (Phi) is 1.98. The van der Waals surface area contributed by atoms with Gasteiger partial charge in [0, 0.05) is 17.9 Å².